The van der Waals surface area contributed by atoms with E-state index in [1.165, 1.54) is 34.8 Å². The molecule has 0 aliphatic heterocycles. The third-order valence-electron chi connectivity index (χ3n) is 2.73. The quantitative estimate of drug-likeness (QED) is 0.408. The van der Waals surface area contributed by atoms with E-state index < -0.39 is 11.6 Å². The summed E-state index contributed by atoms with van der Waals surface area (Å²) < 4.78 is 30.2. The normalized spacial score (nSPS) is 11.0. The van der Waals surface area contributed by atoms with Crippen LogP contribution in [-0.4, -0.2) is 0 Å². The summed E-state index contributed by atoms with van der Waals surface area (Å²) in [5.74, 6) is -0.833. The standard InChI is InChI=1S/C14H6Br2F2S2/c15-13-3-1-11(19-13)7-5-10(18)8(6-9(7)17)12-2-4-14(16)20-12/h1-6H. The Kier molecular flexibility index (Phi) is 4.08. The zero-order valence-corrected chi connectivity index (χ0v) is 14.6. The van der Waals surface area contributed by atoms with Gasteiger partial charge < -0.3 is 0 Å². The zero-order chi connectivity index (χ0) is 14.3. The molecular weight excluding hydrogens is 430 g/mol. The van der Waals surface area contributed by atoms with E-state index in [1.807, 2.05) is 12.1 Å². The van der Waals surface area contributed by atoms with Gasteiger partial charge in [-0.05, 0) is 68.3 Å². The summed E-state index contributed by atoms with van der Waals surface area (Å²) in [5.41, 5.74) is 0.579. The lowest BCUT2D eigenvalue weighted by atomic mass is 10.1. The number of rotatable bonds is 2. The summed E-state index contributed by atoms with van der Waals surface area (Å²) in [6.07, 6.45) is 0. The van der Waals surface area contributed by atoms with E-state index in [2.05, 4.69) is 31.9 Å². The first kappa shape index (κ1) is 14.4. The van der Waals surface area contributed by atoms with E-state index in [0.29, 0.717) is 9.75 Å². The molecule has 1 aromatic carbocycles. The van der Waals surface area contributed by atoms with Gasteiger partial charge in [0.25, 0.3) is 0 Å². The van der Waals surface area contributed by atoms with Gasteiger partial charge in [-0.25, -0.2) is 8.78 Å². The zero-order valence-electron chi connectivity index (χ0n) is 9.79. The third kappa shape index (κ3) is 2.74. The minimum absolute atomic E-state index is 0.289. The van der Waals surface area contributed by atoms with Gasteiger partial charge in [0.05, 0.1) is 7.57 Å². The van der Waals surface area contributed by atoms with Gasteiger partial charge in [-0.15, -0.1) is 22.7 Å². The highest BCUT2D eigenvalue weighted by molar-refractivity contribution is 9.11. The van der Waals surface area contributed by atoms with Crippen LogP contribution in [0.5, 0.6) is 0 Å². The van der Waals surface area contributed by atoms with Gasteiger partial charge in [-0.1, -0.05) is 0 Å². The van der Waals surface area contributed by atoms with Gasteiger partial charge in [0.15, 0.2) is 0 Å². The van der Waals surface area contributed by atoms with Crippen LogP contribution >= 0.6 is 54.5 Å². The van der Waals surface area contributed by atoms with Crippen molar-refractivity contribution in [3.63, 3.8) is 0 Å². The smallest absolute Gasteiger partial charge is 0.132 e. The molecule has 0 spiro atoms. The molecule has 0 nitrogen and oxygen atoms in total. The average molecular weight is 436 g/mol. The summed E-state index contributed by atoms with van der Waals surface area (Å²) in [7, 11) is 0. The van der Waals surface area contributed by atoms with Crippen LogP contribution in [0.15, 0.2) is 44.0 Å². The SMILES string of the molecule is Fc1cc(-c2ccc(Br)s2)c(F)cc1-c1ccc(Br)s1. The molecule has 6 heteroatoms. The summed E-state index contributed by atoms with van der Waals surface area (Å²) in [4.78, 5) is 1.40. The molecule has 2 heterocycles. The maximum Gasteiger partial charge on any atom is 0.132 e. The Hall–Kier alpha value is -0.560. The van der Waals surface area contributed by atoms with Crippen LogP contribution in [0, 0.1) is 11.6 Å². The summed E-state index contributed by atoms with van der Waals surface area (Å²) >= 11 is 9.40. The number of halogens is 4. The van der Waals surface area contributed by atoms with E-state index in [0.717, 1.165) is 7.57 Å². The van der Waals surface area contributed by atoms with Gasteiger partial charge in [0.2, 0.25) is 0 Å². The minimum atomic E-state index is -0.416. The number of thiophene rings is 2. The monoisotopic (exact) mass is 434 g/mol. The minimum Gasteiger partial charge on any atom is -0.206 e. The van der Waals surface area contributed by atoms with Gasteiger partial charge in [0.1, 0.15) is 11.6 Å². The summed E-state index contributed by atoms with van der Waals surface area (Å²) in [6.45, 7) is 0. The molecule has 3 aromatic rings. The highest BCUT2D eigenvalue weighted by Crippen LogP contribution is 2.38. The molecule has 0 unspecified atom stereocenters. The number of hydrogen-bond acceptors (Lipinski definition) is 2. The molecule has 0 N–H and O–H groups in total. The van der Waals surface area contributed by atoms with Crippen molar-refractivity contribution in [1.29, 1.82) is 0 Å². The summed E-state index contributed by atoms with van der Waals surface area (Å²) in [6, 6.07) is 9.71. The topological polar surface area (TPSA) is 0 Å². The van der Waals surface area contributed by atoms with Crippen molar-refractivity contribution in [1.82, 2.24) is 0 Å². The molecule has 0 bridgehead atoms. The third-order valence-corrected chi connectivity index (χ3v) is 6.05. The highest BCUT2D eigenvalue weighted by atomic mass is 79.9. The first-order valence-corrected chi connectivity index (χ1v) is 8.77. The Morgan fingerprint density at radius 3 is 1.40 bits per heavy atom. The predicted molar refractivity (Wildman–Crippen MR) is 88.4 cm³/mol. The molecule has 0 aliphatic carbocycles. The fraction of sp³-hybridized carbons (Fsp3) is 0. The molecular formula is C14H6Br2F2S2. The van der Waals surface area contributed by atoms with Crippen molar-refractivity contribution in [2.75, 3.05) is 0 Å². The molecule has 2 aromatic heterocycles. The molecule has 102 valence electrons. The Morgan fingerprint density at radius 2 is 1.10 bits per heavy atom. The van der Waals surface area contributed by atoms with Crippen molar-refractivity contribution >= 4 is 54.5 Å². The average Bonchev–Trinajstić information content (AvgIpc) is 3.00. The Bertz CT molecular complexity index is 711. The molecule has 0 amide bonds. The van der Waals surface area contributed by atoms with Crippen LogP contribution in [0.2, 0.25) is 0 Å². The van der Waals surface area contributed by atoms with E-state index in [4.69, 9.17) is 0 Å². The maximum atomic E-state index is 14.2. The Labute approximate surface area is 139 Å². The van der Waals surface area contributed by atoms with Gasteiger partial charge in [-0.3, -0.25) is 0 Å². The number of benzene rings is 1. The van der Waals surface area contributed by atoms with Gasteiger partial charge in [0, 0.05) is 20.9 Å². The predicted octanol–water partition coefficient (Wildman–Crippen LogP) is 6.95. The summed E-state index contributed by atoms with van der Waals surface area (Å²) in [5, 5.41) is 0. The highest BCUT2D eigenvalue weighted by Gasteiger charge is 2.15. The lowest BCUT2D eigenvalue weighted by molar-refractivity contribution is 0.607. The Morgan fingerprint density at radius 1 is 0.700 bits per heavy atom. The van der Waals surface area contributed by atoms with Gasteiger partial charge >= 0.3 is 0 Å². The second-order valence-electron chi connectivity index (χ2n) is 4.02. The van der Waals surface area contributed by atoms with E-state index in [9.17, 15) is 8.78 Å². The Balaban J connectivity index is 2.11. The molecule has 0 atom stereocenters. The maximum absolute atomic E-state index is 14.2. The first-order chi connectivity index (χ1) is 9.54. The van der Waals surface area contributed by atoms with E-state index in [-0.39, 0.29) is 11.1 Å². The van der Waals surface area contributed by atoms with Crippen LogP contribution in [0.4, 0.5) is 8.78 Å². The van der Waals surface area contributed by atoms with Crippen LogP contribution in [0.1, 0.15) is 0 Å². The van der Waals surface area contributed by atoms with E-state index >= 15 is 0 Å². The van der Waals surface area contributed by atoms with Crippen LogP contribution in [0.3, 0.4) is 0 Å². The van der Waals surface area contributed by atoms with Crippen LogP contribution in [0.25, 0.3) is 20.9 Å². The number of hydrogen-bond donors (Lipinski definition) is 0. The van der Waals surface area contributed by atoms with Crippen molar-refractivity contribution in [3.8, 4) is 20.9 Å². The fourth-order valence-electron chi connectivity index (χ4n) is 1.84. The molecule has 20 heavy (non-hydrogen) atoms. The molecule has 0 fully saturated rings. The molecule has 0 saturated carbocycles. The second kappa shape index (κ2) is 5.67. The molecule has 0 saturated heterocycles. The van der Waals surface area contributed by atoms with Crippen molar-refractivity contribution in [2.45, 2.75) is 0 Å². The van der Waals surface area contributed by atoms with Crippen LogP contribution in [-0.2, 0) is 0 Å². The molecule has 0 aliphatic rings. The molecule has 3 rings (SSSR count). The molecule has 0 radical (unpaired) electrons. The van der Waals surface area contributed by atoms with Crippen molar-refractivity contribution < 1.29 is 8.78 Å². The van der Waals surface area contributed by atoms with Gasteiger partial charge in [-0.2, -0.15) is 0 Å². The lowest BCUT2D eigenvalue weighted by Crippen LogP contribution is -1.88. The van der Waals surface area contributed by atoms with Crippen LogP contribution < -0.4 is 0 Å². The largest absolute Gasteiger partial charge is 0.206 e. The van der Waals surface area contributed by atoms with E-state index in [1.54, 1.807) is 12.1 Å². The van der Waals surface area contributed by atoms with Crippen molar-refractivity contribution in [3.05, 3.63) is 55.6 Å². The fourth-order valence-corrected chi connectivity index (χ4v) is 4.65. The van der Waals surface area contributed by atoms with Crippen molar-refractivity contribution in [2.24, 2.45) is 0 Å². The second-order valence-corrected chi connectivity index (χ2v) is 8.95. The lowest BCUT2D eigenvalue weighted by Gasteiger charge is -2.05. The first-order valence-electron chi connectivity index (χ1n) is 5.55.